The second-order valence-electron chi connectivity index (χ2n) is 5.24. The lowest BCUT2D eigenvalue weighted by Crippen LogP contribution is -2.17. The third-order valence-electron chi connectivity index (χ3n) is 3.27. The van der Waals surface area contributed by atoms with Crippen LogP contribution in [0, 0.1) is 0 Å². The van der Waals surface area contributed by atoms with E-state index < -0.39 is 0 Å². The largest absolute Gasteiger partial charge is 0.338 e. The fraction of sp³-hybridized carbons (Fsp3) is 0.429. The van der Waals surface area contributed by atoms with E-state index in [1.165, 1.54) is 12.8 Å². The second kappa shape index (κ2) is 5.72. The van der Waals surface area contributed by atoms with Gasteiger partial charge >= 0.3 is 0 Å². The molecule has 0 unspecified atom stereocenters. The van der Waals surface area contributed by atoms with Gasteiger partial charge in [0.05, 0.1) is 16.6 Å². The van der Waals surface area contributed by atoms with Crippen LogP contribution in [-0.2, 0) is 13.1 Å². The van der Waals surface area contributed by atoms with Crippen LogP contribution < -0.4 is 0 Å². The maximum atomic E-state index is 6.01. The lowest BCUT2D eigenvalue weighted by molar-refractivity contribution is 0.260. The molecular weight excluding hydrogens is 297 g/mol. The Hall–Kier alpha value is -1.10. The molecular formula is C14H15Cl2N3O. The summed E-state index contributed by atoms with van der Waals surface area (Å²) in [6.45, 7) is 1.37. The fourth-order valence-corrected chi connectivity index (χ4v) is 2.40. The molecule has 20 heavy (non-hydrogen) atoms. The predicted molar refractivity (Wildman–Crippen MR) is 77.9 cm³/mol. The van der Waals surface area contributed by atoms with E-state index in [0.717, 1.165) is 17.9 Å². The molecule has 3 rings (SSSR count). The van der Waals surface area contributed by atoms with E-state index in [-0.39, 0.29) is 0 Å². The molecule has 4 nitrogen and oxygen atoms in total. The molecule has 0 saturated heterocycles. The molecule has 1 heterocycles. The van der Waals surface area contributed by atoms with Crippen molar-refractivity contribution < 1.29 is 4.52 Å². The summed E-state index contributed by atoms with van der Waals surface area (Å²) in [5, 5.41) is 5.16. The highest BCUT2D eigenvalue weighted by molar-refractivity contribution is 6.42. The van der Waals surface area contributed by atoms with Crippen LogP contribution in [0.4, 0.5) is 0 Å². The summed E-state index contributed by atoms with van der Waals surface area (Å²) in [7, 11) is 2.00. The summed E-state index contributed by atoms with van der Waals surface area (Å²) < 4.78 is 5.27. The molecule has 0 amide bonds. The number of hydrogen-bond donors (Lipinski definition) is 0. The zero-order valence-corrected chi connectivity index (χ0v) is 12.7. The van der Waals surface area contributed by atoms with E-state index in [9.17, 15) is 0 Å². The zero-order valence-electron chi connectivity index (χ0n) is 11.1. The van der Waals surface area contributed by atoms with Gasteiger partial charge in [-0.2, -0.15) is 4.98 Å². The molecule has 0 radical (unpaired) electrons. The van der Waals surface area contributed by atoms with Crippen LogP contribution in [0.2, 0.25) is 10.0 Å². The van der Waals surface area contributed by atoms with Crippen molar-refractivity contribution in [2.24, 2.45) is 0 Å². The van der Waals surface area contributed by atoms with Crippen molar-refractivity contribution in [3.8, 4) is 0 Å². The first-order chi connectivity index (χ1) is 9.61. The molecule has 0 N–H and O–H groups in total. The molecule has 1 aromatic heterocycles. The minimum absolute atomic E-state index is 0.521. The van der Waals surface area contributed by atoms with Crippen LogP contribution in [-0.4, -0.2) is 22.1 Å². The van der Waals surface area contributed by atoms with Crippen molar-refractivity contribution in [2.75, 3.05) is 7.05 Å². The van der Waals surface area contributed by atoms with Gasteiger partial charge < -0.3 is 4.52 Å². The Morgan fingerprint density at radius 3 is 2.75 bits per heavy atom. The first-order valence-electron chi connectivity index (χ1n) is 6.57. The molecule has 0 spiro atoms. The zero-order chi connectivity index (χ0) is 14.1. The summed E-state index contributed by atoms with van der Waals surface area (Å²) in [5.41, 5.74) is 1.10. The van der Waals surface area contributed by atoms with Crippen LogP contribution in [0.5, 0.6) is 0 Å². The van der Waals surface area contributed by atoms with Crippen LogP contribution >= 0.6 is 23.2 Å². The van der Waals surface area contributed by atoms with Crippen molar-refractivity contribution >= 4 is 23.2 Å². The highest BCUT2D eigenvalue weighted by Gasteiger charge is 2.28. The standard InChI is InChI=1S/C14H15Cl2N3O/c1-19(7-9-2-5-11(15)12(16)6-9)8-13-17-14(18-20-13)10-3-4-10/h2,5-6,10H,3-4,7-8H2,1H3. The van der Waals surface area contributed by atoms with Gasteiger partial charge in [-0.25, -0.2) is 0 Å². The monoisotopic (exact) mass is 311 g/mol. The lowest BCUT2D eigenvalue weighted by atomic mass is 10.2. The highest BCUT2D eigenvalue weighted by Crippen LogP contribution is 2.38. The number of hydrogen-bond acceptors (Lipinski definition) is 4. The van der Waals surface area contributed by atoms with Gasteiger partial charge in [-0.3, -0.25) is 4.90 Å². The Bertz CT molecular complexity index is 610. The van der Waals surface area contributed by atoms with Crippen LogP contribution in [0.3, 0.4) is 0 Å². The van der Waals surface area contributed by atoms with E-state index in [1.54, 1.807) is 0 Å². The fourth-order valence-electron chi connectivity index (χ4n) is 2.08. The third kappa shape index (κ3) is 3.32. The quantitative estimate of drug-likeness (QED) is 0.840. The molecule has 0 bridgehead atoms. The summed E-state index contributed by atoms with van der Waals surface area (Å²) >= 11 is 11.9. The SMILES string of the molecule is CN(Cc1ccc(Cl)c(Cl)c1)Cc1nc(C2CC2)no1. The number of rotatable bonds is 5. The Kier molecular flexibility index (Phi) is 3.96. The normalized spacial score (nSPS) is 15.0. The molecule has 2 aromatic rings. The molecule has 6 heteroatoms. The van der Waals surface area contributed by atoms with Crippen LogP contribution in [0.1, 0.15) is 36.0 Å². The van der Waals surface area contributed by atoms with Gasteiger partial charge in [-0.15, -0.1) is 0 Å². The Morgan fingerprint density at radius 2 is 2.05 bits per heavy atom. The van der Waals surface area contributed by atoms with E-state index in [1.807, 2.05) is 25.2 Å². The van der Waals surface area contributed by atoms with Crippen molar-refractivity contribution in [3.05, 3.63) is 45.5 Å². The number of nitrogens with zero attached hydrogens (tertiary/aromatic N) is 3. The minimum Gasteiger partial charge on any atom is -0.338 e. The molecule has 1 aliphatic rings. The number of benzene rings is 1. The predicted octanol–water partition coefficient (Wildman–Crippen LogP) is 3.89. The average molecular weight is 312 g/mol. The average Bonchev–Trinajstić information content (AvgIpc) is 3.15. The van der Waals surface area contributed by atoms with E-state index in [4.69, 9.17) is 27.7 Å². The first-order valence-corrected chi connectivity index (χ1v) is 7.32. The molecule has 1 saturated carbocycles. The van der Waals surface area contributed by atoms with E-state index in [2.05, 4.69) is 15.0 Å². The molecule has 1 aliphatic carbocycles. The van der Waals surface area contributed by atoms with Gasteiger partial charge in [0, 0.05) is 12.5 Å². The summed E-state index contributed by atoms with van der Waals surface area (Å²) in [6, 6.07) is 5.66. The van der Waals surface area contributed by atoms with Gasteiger partial charge in [0.2, 0.25) is 5.89 Å². The van der Waals surface area contributed by atoms with Crippen LogP contribution in [0.25, 0.3) is 0 Å². The molecule has 1 aromatic carbocycles. The molecule has 0 aliphatic heterocycles. The Balaban J connectivity index is 1.60. The van der Waals surface area contributed by atoms with Gasteiger partial charge in [0.15, 0.2) is 5.82 Å². The summed E-state index contributed by atoms with van der Waals surface area (Å²) in [5.74, 6) is 2.03. The Morgan fingerprint density at radius 1 is 1.25 bits per heavy atom. The number of halogens is 2. The summed E-state index contributed by atoms with van der Waals surface area (Å²) in [6.07, 6.45) is 2.36. The van der Waals surface area contributed by atoms with Crippen molar-refractivity contribution in [2.45, 2.75) is 31.8 Å². The maximum Gasteiger partial charge on any atom is 0.240 e. The first kappa shape index (κ1) is 13.9. The van der Waals surface area contributed by atoms with E-state index >= 15 is 0 Å². The van der Waals surface area contributed by atoms with Gasteiger partial charge in [-0.1, -0.05) is 34.4 Å². The van der Waals surface area contributed by atoms with Crippen molar-refractivity contribution in [3.63, 3.8) is 0 Å². The smallest absolute Gasteiger partial charge is 0.240 e. The van der Waals surface area contributed by atoms with Crippen molar-refractivity contribution in [1.29, 1.82) is 0 Å². The van der Waals surface area contributed by atoms with Gasteiger partial charge in [0.25, 0.3) is 0 Å². The van der Waals surface area contributed by atoms with E-state index in [0.29, 0.717) is 28.4 Å². The minimum atomic E-state index is 0.521. The highest BCUT2D eigenvalue weighted by atomic mass is 35.5. The molecule has 106 valence electrons. The Labute approximate surface area is 127 Å². The maximum absolute atomic E-state index is 6.01. The topological polar surface area (TPSA) is 42.2 Å². The summed E-state index contributed by atoms with van der Waals surface area (Å²) in [4.78, 5) is 6.52. The molecule has 1 fully saturated rings. The van der Waals surface area contributed by atoms with Gasteiger partial charge in [-0.05, 0) is 37.6 Å². The molecule has 0 atom stereocenters. The number of aromatic nitrogens is 2. The van der Waals surface area contributed by atoms with Crippen molar-refractivity contribution in [1.82, 2.24) is 15.0 Å². The second-order valence-corrected chi connectivity index (χ2v) is 6.06. The lowest BCUT2D eigenvalue weighted by Gasteiger charge is -2.14. The van der Waals surface area contributed by atoms with Crippen LogP contribution in [0.15, 0.2) is 22.7 Å². The van der Waals surface area contributed by atoms with Gasteiger partial charge in [0.1, 0.15) is 0 Å². The third-order valence-corrected chi connectivity index (χ3v) is 4.01.